The van der Waals surface area contributed by atoms with E-state index < -0.39 is 11.9 Å². The fraction of sp³-hybridized carbons (Fsp3) is 0.407. The van der Waals surface area contributed by atoms with Gasteiger partial charge < -0.3 is 29.8 Å². The third-order valence-corrected chi connectivity index (χ3v) is 7.62. The Bertz CT molecular complexity index is 1470. The Balaban J connectivity index is 1.44. The van der Waals surface area contributed by atoms with Crippen LogP contribution in [0, 0.1) is 5.82 Å². The average molecular weight is 577 g/mol. The first kappa shape index (κ1) is 27.5. The predicted molar refractivity (Wildman–Crippen MR) is 150 cm³/mol. The number of ether oxygens (including phenoxy) is 2. The molecular weight excluding hydrogens is 546 g/mol. The van der Waals surface area contributed by atoms with E-state index in [0.29, 0.717) is 30.2 Å². The van der Waals surface area contributed by atoms with Gasteiger partial charge in [-0.15, -0.1) is 0 Å². The Morgan fingerprint density at radius 2 is 2.03 bits per heavy atom. The van der Waals surface area contributed by atoms with E-state index in [4.69, 9.17) is 42.8 Å². The minimum atomic E-state index is -0.803. The van der Waals surface area contributed by atoms with E-state index >= 15 is 0 Å². The van der Waals surface area contributed by atoms with Gasteiger partial charge in [0.25, 0.3) is 0 Å². The molecule has 1 aliphatic heterocycles. The van der Waals surface area contributed by atoms with Crippen molar-refractivity contribution < 1.29 is 18.3 Å². The highest BCUT2D eigenvalue weighted by molar-refractivity contribution is 6.37. The highest BCUT2D eigenvalue weighted by atomic mass is 35.5. The van der Waals surface area contributed by atoms with Crippen LogP contribution in [-0.4, -0.2) is 60.0 Å². The zero-order valence-electron chi connectivity index (χ0n) is 22.0. The topological polar surface area (TPSA) is 104 Å². The van der Waals surface area contributed by atoms with Crippen LogP contribution in [0.5, 0.6) is 11.5 Å². The van der Waals surface area contributed by atoms with Crippen molar-refractivity contribution in [3.05, 3.63) is 52.3 Å². The van der Waals surface area contributed by atoms with Crippen molar-refractivity contribution in [2.45, 2.75) is 31.9 Å². The normalized spacial score (nSPS) is 15.3. The second-order valence-electron chi connectivity index (χ2n) is 9.86. The molecule has 12 heteroatoms. The van der Waals surface area contributed by atoms with Gasteiger partial charge in [-0.3, -0.25) is 4.68 Å². The van der Waals surface area contributed by atoms with Crippen molar-refractivity contribution in [1.29, 1.82) is 0 Å². The van der Waals surface area contributed by atoms with Crippen LogP contribution < -0.4 is 20.5 Å². The number of furan rings is 1. The standard InChI is InChI=1S/C27H31Cl2FN6O3/c1-15(22-23(28)20(30)10-21(24(22)29)37-9-8-35(2)3)39-26-25-18(12-33-27(26)31)19(14-38-25)16-11-34-36(13-16)17-4-6-32-7-5-17/h10-15,17,32H,4-9H2,1-3H3,(H2,31,33). The first-order chi connectivity index (χ1) is 18.7. The SMILES string of the molecule is CC(Oc1c(N)ncc2c(-c3cnn(C4CCNCC4)c3)coc12)c1c(Cl)c(F)cc(OCCN(C)C)c1Cl. The summed E-state index contributed by atoms with van der Waals surface area (Å²) in [4.78, 5) is 6.28. The smallest absolute Gasteiger partial charge is 0.205 e. The molecule has 208 valence electrons. The molecule has 5 rings (SSSR count). The summed E-state index contributed by atoms with van der Waals surface area (Å²) in [6.45, 7) is 4.59. The Morgan fingerprint density at radius 1 is 1.26 bits per heavy atom. The Hall–Kier alpha value is -3.05. The van der Waals surface area contributed by atoms with Gasteiger partial charge >= 0.3 is 0 Å². The summed E-state index contributed by atoms with van der Waals surface area (Å²) < 4.78 is 34.6. The van der Waals surface area contributed by atoms with Crippen molar-refractivity contribution in [1.82, 2.24) is 25.0 Å². The molecular formula is C27H31Cl2FN6O3. The van der Waals surface area contributed by atoms with Crippen LogP contribution in [0.25, 0.3) is 22.1 Å². The van der Waals surface area contributed by atoms with E-state index in [2.05, 4.69) is 15.4 Å². The highest BCUT2D eigenvalue weighted by Gasteiger charge is 2.26. The molecule has 1 aliphatic rings. The van der Waals surface area contributed by atoms with Crippen molar-refractivity contribution in [3.63, 3.8) is 0 Å². The predicted octanol–water partition coefficient (Wildman–Crippen LogP) is 5.72. The van der Waals surface area contributed by atoms with E-state index in [1.807, 2.05) is 36.1 Å². The van der Waals surface area contributed by atoms with Crippen LogP contribution in [-0.2, 0) is 0 Å². The summed E-state index contributed by atoms with van der Waals surface area (Å²) in [6.07, 6.45) is 8.35. The maximum atomic E-state index is 14.8. The third-order valence-electron chi connectivity index (χ3n) is 6.85. The molecule has 1 fully saturated rings. The molecule has 0 saturated carbocycles. The van der Waals surface area contributed by atoms with Crippen molar-refractivity contribution in [2.75, 3.05) is 46.1 Å². The molecule has 39 heavy (non-hydrogen) atoms. The molecule has 1 saturated heterocycles. The van der Waals surface area contributed by atoms with Gasteiger partial charge in [-0.1, -0.05) is 23.2 Å². The number of nitrogens with one attached hydrogen (secondary N) is 1. The maximum Gasteiger partial charge on any atom is 0.205 e. The van der Waals surface area contributed by atoms with Crippen LogP contribution >= 0.6 is 23.2 Å². The number of benzene rings is 1. The van der Waals surface area contributed by atoms with Gasteiger partial charge in [0.05, 0.1) is 27.7 Å². The number of hydrogen-bond donors (Lipinski definition) is 2. The second kappa shape index (κ2) is 11.6. The third kappa shape index (κ3) is 5.65. The molecule has 0 radical (unpaired) electrons. The van der Waals surface area contributed by atoms with Gasteiger partial charge in [0.2, 0.25) is 5.75 Å². The van der Waals surface area contributed by atoms with Gasteiger partial charge in [-0.2, -0.15) is 5.10 Å². The second-order valence-corrected chi connectivity index (χ2v) is 10.6. The lowest BCUT2D eigenvalue weighted by atomic mass is 10.1. The number of nitrogens with two attached hydrogens (primary N) is 1. The number of nitrogen functional groups attached to an aromatic ring is 1. The molecule has 3 aromatic heterocycles. The zero-order chi connectivity index (χ0) is 27.7. The molecule has 1 unspecified atom stereocenters. The molecule has 0 aliphatic carbocycles. The number of nitrogens with zero attached hydrogens (tertiary/aromatic N) is 4. The van der Waals surface area contributed by atoms with Crippen molar-refractivity contribution in [3.8, 4) is 22.6 Å². The van der Waals surface area contributed by atoms with Crippen molar-refractivity contribution >= 4 is 40.0 Å². The summed E-state index contributed by atoms with van der Waals surface area (Å²) in [5.41, 5.74) is 8.56. The zero-order valence-corrected chi connectivity index (χ0v) is 23.5. The van der Waals surface area contributed by atoms with Gasteiger partial charge in [-0.05, 0) is 47.0 Å². The molecule has 1 atom stereocenters. The summed E-state index contributed by atoms with van der Waals surface area (Å²) in [7, 11) is 3.82. The maximum absolute atomic E-state index is 14.8. The van der Waals surface area contributed by atoms with Crippen LogP contribution in [0.3, 0.4) is 0 Å². The van der Waals surface area contributed by atoms with Crippen LogP contribution in [0.1, 0.15) is 37.5 Å². The van der Waals surface area contributed by atoms with Crippen molar-refractivity contribution in [2.24, 2.45) is 0 Å². The quantitative estimate of drug-likeness (QED) is 0.244. The fourth-order valence-electron chi connectivity index (χ4n) is 4.70. The number of pyridine rings is 1. The summed E-state index contributed by atoms with van der Waals surface area (Å²) in [5, 5.41) is 8.68. The number of aromatic nitrogens is 3. The Kier molecular flexibility index (Phi) is 8.18. The largest absolute Gasteiger partial charge is 0.491 e. The number of fused-ring (bicyclic) bond motifs is 1. The average Bonchev–Trinajstić information content (AvgIpc) is 3.57. The summed E-state index contributed by atoms with van der Waals surface area (Å²) in [6, 6.07) is 1.53. The molecule has 3 N–H and O–H groups in total. The number of hydrogen-bond acceptors (Lipinski definition) is 8. The minimum Gasteiger partial charge on any atom is -0.491 e. The molecule has 0 bridgehead atoms. The van der Waals surface area contributed by atoms with E-state index in [0.717, 1.165) is 37.1 Å². The minimum absolute atomic E-state index is 0.117. The monoisotopic (exact) mass is 576 g/mol. The Labute approximate surface area is 236 Å². The van der Waals surface area contributed by atoms with Gasteiger partial charge in [0, 0.05) is 41.7 Å². The molecule has 0 amide bonds. The first-order valence-corrected chi connectivity index (χ1v) is 13.5. The summed E-state index contributed by atoms with van der Waals surface area (Å²) in [5.74, 6) is -0.154. The summed E-state index contributed by atoms with van der Waals surface area (Å²) >= 11 is 13.0. The Morgan fingerprint density at radius 3 is 2.77 bits per heavy atom. The van der Waals surface area contributed by atoms with E-state index in [9.17, 15) is 4.39 Å². The lowest BCUT2D eigenvalue weighted by Crippen LogP contribution is -2.29. The van der Waals surface area contributed by atoms with Crippen LogP contribution in [0.2, 0.25) is 10.0 Å². The number of likely N-dealkylation sites (N-methyl/N-ethyl adjacent to an activating group) is 1. The fourth-order valence-corrected chi connectivity index (χ4v) is 5.41. The molecule has 4 aromatic rings. The van der Waals surface area contributed by atoms with Gasteiger partial charge in [0.15, 0.2) is 11.4 Å². The molecule has 9 nitrogen and oxygen atoms in total. The van der Waals surface area contributed by atoms with Gasteiger partial charge in [-0.25, -0.2) is 9.37 Å². The van der Waals surface area contributed by atoms with E-state index in [1.54, 1.807) is 19.4 Å². The highest BCUT2D eigenvalue weighted by Crippen LogP contribution is 2.44. The van der Waals surface area contributed by atoms with E-state index in [1.165, 1.54) is 6.07 Å². The molecule has 1 aromatic carbocycles. The number of anilines is 1. The van der Waals surface area contributed by atoms with Gasteiger partial charge in [0.1, 0.15) is 30.5 Å². The van der Waals surface area contributed by atoms with E-state index in [-0.39, 0.29) is 32.9 Å². The molecule has 0 spiro atoms. The number of rotatable bonds is 9. The lowest BCUT2D eigenvalue weighted by molar-refractivity contribution is 0.225. The number of piperidine rings is 1. The van der Waals surface area contributed by atoms with Crippen LogP contribution in [0.4, 0.5) is 10.2 Å². The lowest BCUT2D eigenvalue weighted by Gasteiger charge is -2.22. The first-order valence-electron chi connectivity index (χ1n) is 12.8. The molecule has 4 heterocycles. The number of halogens is 3. The van der Waals surface area contributed by atoms with Crippen LogP contribution in [0.15, 0.2) is 35.3 Å².